The highest BCUT2D eigenvalue weighted by Gasteiger charge is 2.30. The molecular weight excluding hydrogens is 174 g/mol. The second-order valence-electron chi connectivity index (χ2n) is 4.26. The number of allylic oxidation sites excluding steroid dienone is 1. The topological polar surface area (TPSA) is 3.24 Å². The lowest BCUT2D eigenvalue weighted by Crippen LogP contribution is -2.51. The highest BCUT2D eigenvalue weighted by atomic mass is 28.3. The van der Waals surface area contributed by atoms with Crippen LogP contribution in [0.1, 0.15) is 33.1 Å². The molecule has 0 aliphatic carbocycles. The Morgan fingerprint density at radius 3 is 2.31 bits per heavy atom. The predicted molar refractivity (Wildman–Crippen MR) is 62.3 cm³/mol. The lowest BCUT2D eigenvalue weighted by molar-refractivity contribution is 0.345. The van der Waals surface area contributed by atoms with E-state index in [1.807, 2.05) is 0 Å². The summed E-state index contributed by atoms with van der Waals surface area (Å²) in [6, 6.07) is 1.36. The van der Waals surface area contributed by atoms with Crippen LogP contribution in [0.5, 0.6) is 0 Å². The zero-order chi connectivity index (χ0) is 9.73. The van der Waals surface area contributed by atoms with Gasteiger partial charge in [-0.2, -0.15) is 0 Å². The summed E-state index contributed by atoms with van der Waals surface area (Å²) in [6.07, 6.45) is 6.53. The Morgan fingerprint density at radius 1 is 1.23 bits per heavy atom. The maximum absolute atomic E-state index is 2.77. The standard InChI is InChI=1S/C11H23NSi/c1-4-11-13(3,5-2)12-9-7-6-8-10-12/h4,11H,5-10H2,1-3H3. The summed E-state index contributed by atoms with van der Waals surface area (Å²) in [7, 11) is -1.17. The molecule has 13 heavy (non-hydrogen) atoms. The zero-order valence-corrected chi connectivity index (χ0v) is 10.3. The molecule has 1 fully saturated rings. The van der Waals surface area contributed by atoms with Crippen LogP contribution in [-0.4, -0.2) is 25.9 Å². The molecule has 1 unspecified atom stereocenters. The first kappa shape index (κ1) is 11.0. The van der Waals surface area contributed by atoms with Gasteiger partial charge in [0, 0.05) is 0 Å². The Hall–Kier alpha value is -0.0831. The van der Waals surface area contributed by atoms with Gasteiger partial charge in [0.25, 0.3) is 0 Å². The van der Waals surface area contributed by atoms with E-state index in [1.54, 1.807) is 0 Å². The van der Waals surface area contributed by atoms with Crippen LogP contribution in [0.15, 0.2) is 11.8 Å². The van der Waals surface area contributed by atoms with Crippen LogP contribution in [0, 0.1) is 0 Å². The van der Waals surface area contributed by atoms with Gasteiger partial charge in [-0.3, -0.25) is 0 Å². The summed E-state index contributed by atoms with van der Waals surface area (Å²) in [4.78, 5) is 0. The van der Waals surface area contributed by atoms with Gasteiger partial charge in [-0.1, -0.05) is 31.7 Å². The first-order chi connectivity index (χ1) is 6.23. The minimum absolute atomic E-state index is 1.17. The summed E-state index contributed by atoms with van der Waals surface area (Å²) in [6.45, 7) is 9.70. The zero-order valence-electron chi connectivity index (χ0n) is 9.34. The van der Waals surface area contributed by atoms with Crippen molar-refractivity contribution in [2.24, 2.45) is 0 Å². The number of rotatable bonds is 3. The molecule has 1 saturated heterocycles. The highest BCUT2D eigenvalue weighted by Crippen LogP contribution is 2.21. The second kappa shape index (κ2) is 4.96. The molecule has 1 aliphatic rings. The summed E-state index contributed by atoms with van der Waals surface area (Å²) in [5, 5.41) is 0. The van der Waals surface area contributed by atoms with Gasteiger partial charge in [0.2, 0.25) is 0 Å². The van der Waals surface area contributed by atoms with E-state index in [-0.39, 0.29) is 0 Å². The van der Waals surface area contributed by atoms with E-state index in [4.69, 9.17) is 0 Å². The van der Waals surface area contributed by atoms with Gasteiger partial charge >= 0.3 is 0 Å². The van der Waals surface area contributed by atoms with Gasteiger partial charge < -0.3 is 4.57 Å². The van der Waals surface area contributed by atoms with Crippen LogP contribution >= 0.6 is 0 Å². The fourth-order valence-corrected chi connectivity index (χ4v) is 5.16. The molecule has 0 aromatic carbocycles. The van der Waals surface area contributed by atoms with Gasteiger partial charge in [-0.05, 0) is 38.9 Å². The molecule has 1 atom stereocenters. The molecular formula is C11H23NSi. The molecule has 0 saturated carbocycles. The van der Waals surface area contributed by atoms with Crippen molar-refractivity contribution in [3.63, 3.8) is 0 Å². The number of piperidine rings is 1. The second-order valence-corrected chi connectivity index (χ2v) is 8.65. The van der Waals surface area contributed by atoms with Crippen molar-refractivity contribution in [2.45, 2.75) is 45.7 Å². The molecule has 0 aromatic rings. The molecule has 0 radical (unpaired) electrons. The Labute approximate surface area is 83.9 Å². The van der Waals surface area contributed by atoms with Crippen LogP contribution in [0.2, 0.25) is 12.6 Å². The maximum Gasteiger partial charge on any atom is 0.149 e. The average molecular weight is 197 g/mol. The van der Waals surface area contributed by atoms with Crippen LogP contribution in [-0.2, 0) is 0 Å². The van der Waals surface area contributed by atoms with Crippen molar-refractivity contribution >= 4 is 8.24 Å². The van der Waals surface area contributed by atoms with Crippen LogP contribution in [0.4, 0.5) is 0 Å². The van der Waals surface area contributed by atoms with Gasteiger partial charge in [-0.15, -0.1) is 0 Å². The largest absolute Gasteiger partial charge is 0.320 e. The highest BCUT2D eigenvalue weighted by molar-refractivity contribution is 6.80. The quantitative estimate of drug-likeness (QED) is 0.628. The maximum atomic E-state index is 2.77. The lowest BCUT2D eigenvalue weighted by Gasteiger charge is -2.39. The molecule has 0 aromatic heterocycles. The number of hydrogen-bond acceptors (Lipinski definition) is 1. The van der Waals surface area contributed by atoms with Crippen molar-refractivity contribution in [3.05, 3.63) is 11.8 Å². The Bertz CT molecular complexity index is 173. The van der Waals surface area contributed by atoms with Crippen molar-refractivity contribution in [1.29, 1.82) is 0 Å². The third-order valence-electron chi connectivity index (χ3n) is 3.32. The predicted octanol–water partition coefficient (Wildman–Crippen LogP) is 3.18. The molecule has 1 rings (SSSR count). The number of nitrogens with zero attached hydrogens (tertiary/aromatic N) is 1. The first-order valence-corrected chi connectivity index (χ1v) is 8.35. The molecule has 0 bridgehead atoms. The molecule has 0 N–H and O–H groups in total. The van der Waals surface area contributed by atoms with Crippen molar-refractivity contribution in [1.82, 2.24) is 4.57 Å². The van der Waals surface area contributed by atoms with E-state index in [0.29, 0.717) is 0 Å². The van der Waals surface area contributed by atoms with E-state index in [9.17, 15) is 0 Å². The Morgan fingerprint density at radius 2 is 1.85 bits per heavy atom. The normalized spacial score (nSPS) is 24.8. The Balaban J connectivity index is 2.62. The van der Waals surface area contributed by atoms with E-state index in [2.05, 4.69) is 36.7 Å². The van der Waals surface area contributed by atoms with Gasteiger partial charge in [0.1, 0.15) is 8.24 Å². The molecule has 76 valence electrons. The van der Waals surface area contributed by atoms with Gasteiger partial charge in [0.05, 0.1) is 0 Å². The van der Waals surface area contributed by atoms with E-state index >= 15 is 0 Å². The average Bonchev–Trinajstić information content (AvgIpc) is 2.19. The summed E-state index contributed by atoms with van der Waals surface area (Å²) in [5.74, 6) is 0. The van der Waals surface area contributed by atoms with E-state index in [1.165, 1.54) is 38.4 Å². The first-order valence-electron chi connectivity index (χ1n) is 5.62. The molecule has 0 amide bonds. The van der Waals surface area contributed by atoms with Gasteiger partial charge in [0.15, 0.2) is 0 Å². The van der Waals surface area contributed by atoms with Crippen molar-refractivity contribution in [3.8, 4) is 0 Å². The van der Waals surface area contributed by atoms with Gasteiger partial charge in [-0.25, -0.2) is 0 Å². The third-order valence-corrected chi connectivity index (χ3v) is 7.70. The molecule has 1 nitrogen and oxygen atoms in total. The lowest BCUT2D eigenvalue weighted by atomic mass is 10.2. The smallest absolute Gasteiger partial charge is 0.149 e. The van der Waals surface area contributed by atoms with Crippen molar-refractivity contribution < 1.29 is 0 Å². The monoisotopic (exact) mass is 197 g/mol. The summed E-state index contributed by atoms with van der Waals surface area (Å²) >= 11 is 0. The Kier molecular flexibility index (Phi) is 4.20. The third kappa shape index (κ3) is 2.68. The molecule has 2 heteroatoms. The SMILES string of the molecule is CC=C[Si](C)(CC)N1CCCCC1. The fraction of sp³-hybridized carbons (Fsp3) is 0.818. The molecule has 1 heterocycles. The van der Waals surface area contributed by atoms with Crippen LogP contribution in [0.25, 0.3) is 0 Å². The fourth-order valence-electron chi connectivity index (χ4n) is 2.21. The van der Waals surface area contributed by atoms with Crippen LogP contribution in [0.3, 0.4) is 0 Å². The van der Waals surface area contributed by atoms with E-state index < -0.39 is 8.24 Å². The minimum Gasteiger partial charge on any atom is -0.320 e. The van der Waals surface area contributed by atoms with Crippen LogP contribution < -0.4 is 0 Å². The van der Waals surface area contributed by atoms with Crippen molar-refractivity contribution in [2.75, 3.05) is 13.1 Å². The molecule has 1 aliphatic heterocycles. The summed E-state index contributed by atoms with van der Waals surface area (Å²) in [5.41, 5.74) is 2.50. The van der Waals surface area contributed by atoms with E-state index in [0.717, 1.165) is 0 Å². The number of hydrogen-bond donors (Lipinski definition) is 0. The minimum atomic E-state index is -1.17. The summed E-state index contributed by atoms with van der Waals surface area (Å²) < 4.78 is 2.77. The molecule has 0 spiro atoms.